The number of benzene rings is 2. The van der Waals surface area contributed by atoms with E-state index in [4.69, 9.17) is 14.6 Å². The zero-order chi connectivity index (χ0) is 24.6. The molecule has 0 radical (unpaired) electrons. The van der Waals surface area contributed by atoms with E-state index in [1.54, 1.807) is 0 Å². The molecule has 9 heteroatoms. The normalized spacial score (nSPS) is 28.4. The molecule has 4 aliphatic rings. The minimum atomic E-state index is -1.17. The third kappa shape index (κ3) is 4.38. The van der Waals surface area contributed by atoms with Crippen LogP contribution in [0.25, 0.3) is 0 Å². The van der Waals surface area contributed by atoms with Gasteiger partial charge in [0.25, 0.3) is 5.91 Å². The minimum absolute atomic E-state index is 0.0647. The molecule has 190 valence electrons. The molecule has 0 spiro atoms. The van der Waals surface area contributed by atoms with Gasteiger partial charge in [0, 0.05) is 48.8 Å². The second kappa shape index (κ2) is 10.0. The first kappa shape index (κ1) is 23.8. The minimum Gasteiger partial charge on any atom is -0.379 e. The van der Waals surface area contributed by atoms with Crippen LogP contribution in [0.4, 0.5) is 5.69 Å². The maximum Gasteiger partial charge on any atom is 0.270 e. The Balaban J connectivity index is 1.32. The number of amides is 1. The molecule has 4 aliphatic heterocycles. The first-order valence-corrected chi connectivity index (χ1v) is 14.0. The Morgan fingerprint density at radius 2 is 1.78 bits per heavy atom. The number of hydrazone groups is 1. The largest absolute Gasteiger partial charge is 0.379 e. The SMILES string of the molecule is CC1COCCN1Cc1ccc(N2N=C(C(=O)N3CCOCC3)C3CS(=O)c4ccccc4C32)cc1. The molecular weight excluding hydrogens is 476 g/mol. The number of hydrogen-bond acceptors (Lipinski definition) is 7. The summed E-state index contributed by atoms with van der Waals surface area (Å²) in [6.07, 6.45) is 0. The molecule has 0 saturated carbocycles. The number of hydrogen-bond donors (Lipinski definition) is 0. The second-order valence-corrected chi connectivity index (χ2v) is 11.4. The van der Waals surface area contributed by atoms with Gasteiger partial charge in [0.1, 0.15) is 5.71 Å². The van der Waals surface area contributed by atoms with E-state index in [2.05, 4.69) is 36.1 Å². The van der Waals surface area contributed by atoms with E-state index >= 15 is 0 Å². The monoisotopic (exact) mass is 508 g/mol. The van der Waals surface area contributed by atoms with Gasteiger partial charge in [-0.3, -0.25) is 18.9 Å². The van der Waals surface area contributed by atoms with Gasteiger partial charge >= 0.3 is 0 Å². The molecule has 8 nitrogen and oxygen atoms in total. The second-order valence-electron chi connectivity index (χ2n) is 9.90. The number of rotatable bonds is 4. The van der Waals surface area contributed by atoms with Gasteiger partial charge in [0.2, 0.25) is 0 Å². The molecule has 4 heterocycles. The summed E-state index contributed by atoms with van der Waals surface area (Å²) < 4.78 is 24.2. The van der Waals surface area contributed by atoms with Crippen LogP contribution in [-0.4, -0.2) is 83.5 Å². The Morgan fingerprint density at radius 3 is 2.56 bits per heavy atom. The number of carbonyl (C=O) groups excluding carboxylic acids is 1. The summed E-state index contributed by atoms with van der Waals surface area (Å²) in [5.74, 6) is 0.121. The van der Waals surface area contributed by atoms with Crippen molar-refractivity contribution < 1.29 is 18.5 Å². The molecule has 4 atom stereocenters. The van der Waals surface area contributed by atoms with E-state index in [0.717, 1.165) is 42.4 Å². The van der Waals surface area contributed by atoms with Crippen molar-refractivity contribution in [1.29, 1.82) is 0 Å². The lowest BCUT2D eigenvalue weighted by molar-refractivity contribution is -0.128. The number of ether oxygens (including phenoxy) is 2. The third-order valence-electron chi connectivity index (χ3n) is 7.63. The maximum absolute atomic E-state index is 13.6. The van der Waals surface area contributed by atoms with Crippen LogP contribution in [0, 0.1) is 5.92 Å². The fraction of sp³-hybridized carbons (Fsp3) is 0.481. The highest BCUT2D eigenvalue weighted by molar-refractivity contribution is 7.85. The molecule has 6 rings (SSSR count). The standard InChI is InChI=1S/C27H32N4O4S/c1-19-17-35-15-12-30(19)16-20-6-8-21(9-7-20)31-26-22-4-2-3-5-24(22)36(33)18-23(26)25(28-31)27(32)29-10-13-34-14-11-29/h2-9,19,23,26H,10-18H2,1H3. The van der Waals surface area contributed by atoms with E-state index < -0.39 is 10.8 Å². The molecule has 0 aromatic heterocycles. The van der Waals surface area contributed by atoms with Crippen molar-refractivity contribution in [2.24, 2.45) is 11.0 Å². The van der Waals surface area contributed by atoms with Crippen molar-refractivity contribution in [3.63, 3.8) is 0 Å². The lowest BCUT2D eigenvalue weighted by Crippen LogP contribution is -2.46. The molecule has 36 heavy (non-hydrogen) atoms. The number of nitrogens with zero attached hydrogens (tertiary/aromatic N) is 4. The van der Waals surface area contributed by atoms with Crippen LogP contribution >= 0.6 is 0 Å². The quantitative estimate of drug-likeness (QED) is 0.632. The van der Waals surface area contributed by atoms with E-state index in [0.29, 0.717) is 43.8 Å². The highest BCUT2D eigenvalue weighted by Gasteiger charge is 2.47. The van der Waals surface area contributed by atoms with Gasteiger partial charge < -0.3 is 14.4 Å². The number of carbonyl (C=O) groups is 1. The van der Waals surface area contributed by atoms with Gasteiger partial charge in [0.15, 0.2) is 0 Å². The molecule has 4 unspecified atom stereocenters. The summed E-state index contributed by atoms with van der Waals surface area (Å²) in [6, 6.07) is 16.6. The Bertz CT molecular complexity index is 1180. The fourth-order valence-electron chi connectivity index (χ4n) is 5.61. The lowest BCUT2D eigenvalue weighted by Gasteiger charge is -2.34. The molecule has 2 aromatic rings. The van der Waals surface area contributed by atoms with Crippen molar-refractivity contribution in [2.75, 3.05) is 56.8 Å². The fourth-order valence-corrected chi connectivity index (χ4v) is 7.14. The number of morpholine rings is 2. The number of fused-ring (bicyclic) bond motifs is 3. The van der Waals surface area contributed by atoms with E-state index in [1.165, 1.54) is 5.56 Å². The zero-order valence-electron chi connectivity index (χ0n) is 20.5. The van der Waals surface area contributed by atoms with Crippen LogP contribution in [-0.2, 0) is 31.6 Å². The van der Waals surface area contributed by atoms with Crippen molar-refractivity contribution in [3.8, 4) is 0 Å². The van der Waals surface area contributed by atoms with Crippen molar-refractivity contribution in [1.82, 2.24) is 9.80 Å². The molecule has 0 N–H and O–H groups in total. The van der Waals surface area contributed by atoms with Crippen molar-refractivity contribution in [2.45, 2.75) is 30.4 Å². The van der Waals surface area contributed by atoms with E-state index in [-0.39, 0.29) is 17.9 Å². The van der Waals surface area contributed by atoms with Gasteiger partial charge in [-0.05, 0) is 36.2 Å². The Labute approximate surface area is 214 Å². The average molecular weight is 509 g/mol. The molecular formula is C27H32N4O4S. The van der Waals surface area contributed by atoms with E-state index in [1.807, 2.05) is 34.2 Å². The van der Waals surface area contributed by atoms with Crippen LogP contribution in [0.3, 0.4) is 0 Å². The van der Waals surface area contributed by atoms with Gasteiger partial charge in [-0.1, -0.05) is 30.3 Å². The van der Waals surface area contributed by atoms with Gasteiger partial charge in [-0.2, -0.15) is 5.10 Å². The average Bonchev–Trinajstić information content (AvgIpc) is 3.30. The van der Waals surface area contributed by atoms with E-state index in [9.17, 15) is 9.00 Å². The van der Waals surface area contributed by atoms with Gasteiger partial charge in [-0.25, -0.2) is 0 Å². The Morgan fingerprint density at radius 1 is 1.03 bits per heavy atom. The molecule has 2 fully saturated rings. The summed E-state index contributed by atoms with van der Waals surface area (Å²) >= 11 is 0. The molecule has 1 amide bonds. The zero-order valence-corrected chi connectivity index (χ0v) is 21.4. The Hall–Kier alpha value is -2.59. The summed E-state index contributed by atoms with van der Waals surface area (Å²) in [6.45, 7) is 7.74. The molecule has 0 bridgehead atoms. The molecule has 0 aliphatic carbocycles. The maximum atomic E-state index is 13.6. The van der Waals surface area contributed by atoms with Gasteiger partial charge in [-0.15, -0.1) is 0 Å². The predicted molar refractivity (Wildman–Crippen MR) is 138 cm³/mol. The van der Waals surface area contributed by atoms with Crippen molar-refractivity contribution >= 4 is 28.1 Å². The highest BCUT2D eigenvalue weighted by Crippen LogP contribution is 2.45. The third-order valence-corrected chi connectivity index (χ3v) is 9.16. The van der Waals surface area contributed by atoms with Crippen LogP contribution in [0.5, 0.6) is 0 Å². The summed E-state index contributed by atoms with van der Waals surface area (Å²) in [4.78, 5) is 18.7. The van der Waals surface area contributed by atoms with Crippen LogP contribution < -0.4 is 5.01 Å². The first-order valence-electron chi connectivity index (χ1n) is 12.7. The van der Waals surface area contributed by atoms with Crippen LogP contribution in [0.15, 0.2) is 58.5 Å². The lowest BCUT2D eigenvalue weighted by atomic mass is 9.90. The summed E-state index contributed by atoms with van der Waals surface area (Å²) in [5, 5.41) is 6.91. The summed E-state index contributed by atoms with van der Waals surface area (Å²) in [7, 11) is -1.17. The number of anilines is 1. The molecule has 2 aromatic carbocycles. The molecule has 2 saturated heterocycles. The topological polar surface area (TPSA) is 74.7 Å². The first-order chi connectivity index (χ1) is 17.6. The van der Waals surface area contributed by atoms with Crippen LogP contribution in [0.1, 0.15) is 24.1 Å². The summed E-state index contributed by atoms with van der Waals surface area (Å²) in [5.41, 5.74) is 3.68. The van der Waals surface area contributed by atoms with Gasteiger partial charge in [0.05, 0.1) is 49.0 Å². The predicted octanol–water partition coefficient (Wildman–Crippen LogP) is 2.42. The smallest absolute Gasteiger partial charge is 0.270 e. The van der Waals surface area contributed by atoms with Crippen LogP contribution in [0.2, 0.25) is 0 Å². The Kier molecular flexibility index (Phi) is 6.64. The highest BCUT2D eigenvalue weighted by atomic mass is 32.2. The van der Waals surface area contributed by atoms with Crippen molar-refractivity contribution in [3.05, 3.63) is 59.7 Å².